The van der Waals surface area contributed by atoms with Crippen LogP contribution >= 0.6 is 0 Å². The highest BCUT2D eigenvalue weighted by Crippen LogP contribution is 2.28. The summed E-state index contributed by atoms with van der Waals surface area (Å²) in [6.07, 6.45) is 7.79. The molecular weight excluding hydrogens is 452 g/mol. The minimum Gasteiger partial charge on any atom is -0.494 e. The minimum atomic E-state index is -0.399. The molecule has 1 heterocycles. The fourth-order valence-corrected chi connectivity index (χ4v) is 3.95. The molecule has 6 heteroatoms. The van der Waals surface area contributed by atoms with Crippen LogP contribution in [-0.2, 0) is 6.54 Å². The second-order valence-corrected chi connectivity index (χ2v) is 9.08. The van der Waals surface area contributed by atoms with Crippen molar-refractivity contribution in [2.24, 2.45) is 4.99 Å². The molecule has 0 atom stereocenters. The van der Waals surface area contributed by atoms with Crippen LogP contribution in [0.3, 0.4) is 0 Å². The molecule has 188 valence electrons. The first kappa shape index (κ1) is 25.5. The molecule has 0 saturated carbocycles. The number of rotatable bonds is 11. The maximum absolute atomic E-state index is 12.5. The van der Waals surface area contributed by atoms with Gasteiger partial charge in [0.25, 0.3) is 0 Å². The molecule has 0 bridgehead atoms. The average molecular weight is 487 g/mol. The number of esters is 1. The Morgan fingerprint density at radius 3 is 2.50 bits per heavy atom. The van der Waals surface area contributed by atoms with Crippen LogP contribution < -0.4 is 14.2 Å². The van der Waals surface area contributed by atoms with Crippen LogP contribution in [0.4, 0.5) is 5.69 Å². The van der Waals surface area contributed by atoms with E-state index in [4.69, 9.17) is 14.2 Å². The number of hydrogen-bond acceptors (Lipinski definition) is 6. The van der Waals surface area contributed by atoms with Crippen LogP contribution in [0.15, 0.2) is 71.7 Å². The summed E-state index contributed by atoms with van der Waals surface area (Å²) in [5.41, 5.74) is 3.39. The van der Waals surface area contributed by atoms with Crippen LogP contribution in [-0.4, -0.2) is 37.5 Å². The van der Waals surface area contributed by atoms with E-state index in [1.165, 1.54) is 25.7 Å². The summed E-state index contributed by atoms with van der Waals surface area (Å²) in [5, 5.41) is 0. The average Bonchev–Trinajstić information content (AvgIpc) is 2.90. The van der Waals surface area contributed by atoms with Gasteiger partial charge < -0.3 is 14.2 Å². The molecule has 36 heavy (non-hydrogen) atoms. The van der Waals surface area contributed by atoms with Gasteiger partial charge in [-0.15, -0.1) is 0 Å². The van der Waals surface area contributed by atoms with Crippen LogP contribution in [0.25, 0.3) is 0 Å². The van der Waals surface area contributed by atoms with Crippen LogP contribution in [0.5, 0.6) is 17.2 Å². The highest BCUT2D eigenvalue weighted by atomic mass is 16.5. The third-order valence-corrected chi connectivity index (χ3v) is 5.98. The van der Waals surface area contributed by atoms with Gasteiger partial charge in [-0.2, -0.15) is 0 Å². The highest BCUT2D eigenvalue weighted by molar-refractivity contribution is 5.91. The van der Waals surface area contributed by atoms with Gasteiger partial charge in [0.1, 0.15) is 24.0 Å². The molecule has 6 nitrogen and oxygen atoms in total. The van der Waals surface area contributed by atoms with E-state index in [1.807, 2.05) is 49.5 Å². The molecular formula is C30H34N2O4. The lowest BCUT2D eigenvalue weighted by Gasteiger charge is -2.25. The van der Waals surface area contributed by atoms with E-state index >= 15 is 0 Å². The topological polar surface area (TPSA) is 60.4 Å². The summed E-state index contributed by atoms with van der Waals surface area (Å²) < 4.78 is 17.0. The normalized spacial score (nSPS) is 13.3. The van der Waals surface area contributed by atoms with Gasteiger partial charge in [0.15, 0.2) is 0 Å². The molecule has 0 saturated heterocycles. The van der Waals surface area contributed by atoms with Crippen molar-refractivity contribution in [2.75, 3.05) is 20.4 Å². The lowest BCUT2D eigenvalue weighted by atomic mass is 10.1. The van der Waals surface area contributed by atoms with Crippen molar-refractivity contribution in [3.63, 3.8) is 0 Å². The van der Waals surface area contributed by atoms with Crippen molar-refractivity contribution < 1.29 is 19.0 Å². The van der Waals surface area contributed by atoms with E-state index in [2.05, 4.69) is 16.8 Å². The number of hydrogen-bond donors (Lipinski definition) is 0. The smallest absolute Gasteiger partial charge is 0.343 e. The number of benzene rings is 3. The van der Waals surface area contributed by atoms with Gasteiger partial charge >= 0.3 is 5.97 Å². The van der Waals surface area contributed by atoms with Crippen LogP contribution in [0.1, 0.15) is 60.5 Å². The van der Waals surface area contributed by atoms with Crippen LogP contribution in [0.2, 0.25) is 0 Å². The number of nitrogens with zero attached hydrogens (tertiary/aromatic N) is 2. The molecule has 0 aromatic heterocycles. The van der Waals surface area contributed by atoms with E-state index in [0.29, 0.717) is 24.7 Å². The maximum Gasteiger partial charge on any atom is 0.343 e. The summed E-state index contributed by atoms with van der Waals surface area (Å²) in [6, 6.07) is 20.3. The molecule has 0 fully saturated rings. The number of fused-ring (bicyclic) bond motifs is 1. The fraction of sp³-hybridized carbons (Fsp3) is 0.333. The van der Waals surface area contributed by atoms with Gasteiger partial charge in [-0.25, -0.2) is 4.79 Å². The Morgan fingerprint density at radius 1 is 0.972 bits per heavy atom. The third kappa shape index (κ3) is 7.43. The number of carbonyl (C=O) groups is 1. The summed E-state index contributed by atoms with van der Waals surface area (Å²) in [5.74, 6) is 1.77. The second-order valence-electron chi connectivity index (χ2n) is 9.08. The van der Waals surface area contributed by atoms with Crippen molar-refractivity contribution >= 4 is 17.9 Å². The van der Waals surface area contributed by atoms with Gasteiger partial charge in [-0.3, -0.25) is 9.89 Å². The second kappa shape index (κ2) is 12.9. The summed E-state index contributed by atoms with van der Waals surface area (Å²) in [4.78, 5) is 19.2. The summed E-state index contributed by atoms with van der Waals surface area (Å²) in [7, 11) is 2.02. The van der Waals surface area contributed by atoms with E-state index < -0.39 is 5.97 Å². The van der Waals surface area contributed by atoms with Gasteiger partial charge in [-0.05, 0) is 85.8 Å². The Kier molecular flexibility index (Phi) is 9.11. The van der Waals surface area contributed by atoms with Gasteiger partial charge in [0, 0.05) is 18.3 Å². The van der Waals surface area contributed by atoms with E-state index in [0.717, 1.165) is 41.3 Å². The first-order valence-corrected chi connectivity index (χ1v) is 12.6. The molecule has 1 aliphatic heterocycles. The standard InChI is InChI=1S/C30H34N2O4/c1-3-4-5-6-7-18-34-27-15-10-24(11-16-27)30(33)36-28-13-8-23(9-14-28)20-31-26-12-17-29-25(19-26)21-32(2)22-35-29/h8-17,19-20H,3-7,18,21-22H2,1-2H3. The van der Waals surface area contributed by atoms with Gasteiger partial charge in [0.05, 0.1) is 17.9 Å². The number of unbranched alkanes of at least 4 members (excludes halogenated alkanes) is 4. The molecule has 0 aliphatic carbocycles. The van der Waals surface area contributed by atoms with Crippen molar-refractivity contribution in [3.8, 4) is 17.2 Å². The summed E-state index contributed by atoms with van der Waals surface area (Å²) in [6.45, 7) is 4.35. The number of ether oxygens (including phenoxy) is 3. The van der Waals surface area contributed by atoms with Crippen molar-refractivity contribution in [1.82, 2.24) is 4.90 Å². The van der Waals surface area contributed by atoms with Crippen molar-refractivity contribution in [1.29, 1.82) is 0 Å². The molecule has 0 N–H and O–H groups in total. The Hall–Kier alpha value is -3.64. The zero-order valence-corrected chi connectivity index (χ0v) is 21.1. The molecule has 0 spiro atoms. The predicted molar refractivity (Wildman–Crippen MR) is 143 cm³/mol. The molecule has 0 amide bonds. The Labute approximate surface area is 213 Å². The lowest BCUT2D eigenvalue weighted by Crippen LogP contribution is -2.27. The number of aliphatic imine (C=N–C) groups is 1. The van der Waals surface area contributed by atoms with Gasteiger partial charge in [-0.1, -0.05) is 32.6 Å². The van der Waals surface area contributed by atoms with E-state index in [9.17, 15) is 4.79 Å². The zero-order chi connectivity index (χ0) is 25.2. The zero-order valence-electron chi connectivity index (χ0n) is 21.1. The number of carbonyl (C=O) groups excluding carboxylic acids is 1. The Bertz CT molecular complexity index is 1160. The Morgan fingerprint density at radius 2 is 1.72 bits per heavy atom. The molecule has 3 aromatic carbocycles. The maximum atomic E-state index is 12.5. The summed E-state index contributed by atoms with van der Waals surface area (Å²) >= 11 is 0. The first-order chi connectivity index (χ1) is 17.6. The minimum absolute atomic E-state index is 0.399. The molecule has 1 aliphatic rings. The Balaban J connectivity index is 1.26. The SMILES string of the molecule is CCCCCCCOc1ccc(C(=O)Oc2ccc(C=Nc3ccc4c(c3)CN(C)CO4)cc2)cc1. The van der Waals surface area contributed by atoms with Crippen molar-refractivity contribution in [2.45, 2.75) is 45.6 Å². The molecule has 0 unspecified atom stereocenters. The molecule has 3 aromatic rings. The fourth-order valence-electron chi connectivity index (χ4n) is 3.95. The highest BCUT2D eigenvalue weighted by Gasteiger charge is 2.14. The molecule has 0 radical (unpaired) electrons. The largest absolute Gasteiger partial charge is 0.494 e. The monoisotopic (exact) mass is 486 g/mol. The van der Waals surface area contributed by atoms with E-state index in [1.54, 1.807) is 30.5 Å². The third-order valence-electron chi connectivity index (χ3n) is 5.98. The molecule has 4 rings (SSSR count). The van der Waals surface area contributed by atoms with Gasteiger partial charge in [0.2, 0.25) is 0 Å². The first-order valence-electron chi connectivity index (χ1n) is 12.6. The van der Waals surface area contributed by atoms with E-state index in [-0.39, 0.29) is 0 Å². The predicted octanol–water partition coefficient (Wildman–Crippen LogP) is 6.79. The van der Waals surface area contributed by atoms with Crippen molar-refractivity contribution in [3.05, 3.63) is 83.4 Å². The quantitative estimate of drug-likeness (QED) is 0.129. The van der Waals surface area contributed by atoms with Crippen LogP contribution in [0, 0.1) is 0 Å². The lowest BCUT2D eigenvalue weighted by molar-refractivity contribution is 0.0734.